The molecule has 1 saturated heterocycles. The standard InChI is InChI=1S/C17H15ClN6/c18-15-9-13(10-19)12-22-17(15)24-6-2-5-23(7-8-24)16-14(11-20)3-1-4-21-16/h1,3-4,9,12H,2,5-8H2. The Kier molecular flexibility index (Phi) is 4.79. The Balaban J connectivity index is 1.79. The SMILES string of the molecule is N#Cc1cnc(N2CCCN(c3ncccc3C#N)CC2)c(Cl)c1. The summed E-state index contributed by atoms with van der Waals surface area (Å²) in [6.07, 6.45) is 4.15. The lowest BCUT2D eigenvalue weighted by atomic mass is 10.2. The Morgan fingerprint density at radius 3 is 2.42 bits per heavy atom. The van der Waals surface area contributed by atoms with Crippen LogP contribution in [0.1, 0.15) is 17.5 Å². The van der Waals surface area contributed by atoms with E-state index in [0.29, 0.717) is 22.0 Å². The minimum absolute atomic E-state index is 0.451. The predicted molar refractivity (Wildman–Crippen MR) is 92.0 cm³/mol. The number of aromatic nitrogens is 2. The second kappa shape index (κ2) is 7.16. The Morgan fingerprint density at radius 2 is 1.75 bits per heavy atom. The van der Waals surface area contributed by atoms with Crippen LogP contribution in [0.4, 0.5) is 11.6 Å². The molecular formula is C17H15ClN6. The molecule has 0 N–H and O–H groups in total. The van der Waals surface area contributed by atoms with Gasteiger partial charge < -0.3 is 9.80 Å². The number of halogens is 1. The molecule has 3 rings (SSSR count). The molecule has 120 valence electrons. The van der Waals surface area contributed by atoms with Gasteiger partial charge in [0.15, 0.2) is 0 Å². The summed E-state index contributed by atoms with van der Waals surface area (Å²) in [5.41, 5.74) is 1.04. The highest BCUT2D eigenvalue weighted by atomic mass is 35.5. The summed E-state index contributed by atoms with van der Waals surface area (Å²) in [6, 6.07) is 9.43. The molecule has 7 heteroatoms. The number of nitriles is 2. The van der Waals surface area contributed by atoms with Gasteiger partial charge in [-0.1, -0.05) is 11.6 Å². The Labute approximate surface area is 145 Å². The van der Waals surface area contributed by atoms with Crippen LogP contribution in [0.25, 0.3) is 0 Å². The third-order valence-corrected chi connectivity index (χ3v) is 4.23. The first-order chi connectivity index (χ1) is 11.7. The predicted octanol–water partition coefficient (Wildman–Crippen LogP) is 2.59. The van der Waals surface area contributed by atoms with E-state index in [9.17, 15) is 5.26 Å². The van der Waals surface area contributed by atoms with Crippen molar-refractivity contribution >= 4 is 23.2 Å². The van der Waals surface area contributed by atoms with Gasteiger partial charge in [-0.3, -0.25) is 0 Å². The molecule has 3 heterocycles. The molecule has 2 aromatic heterocycles. The molecule has 1 aliphatic rings. The smallest absolute Gasteiger partial charge is 0.147 e. The van der Waals surface area contributed by atoms with Gasteiger partial charge in [0.25, 0.3) is 0 Å². The lowest BCUT2D eigenvalue weighted by Gasteiger charge is -2.24. The number of anilines is 2. The fraction of sp³-hybridized carbons (Fsp3) is 0.294. The third kappa shape index (κ3) is 3.24. The van der Waals surface area contributed by atoms with Gasteiger partial charge in [0, 0.05) is 38.6 Å². The van der Waals surface area contributed by atoms with Crippen molar-refractivity contribution in [1.29, 1.82) is 10.5 Å². The molecule has 1 aliphatic heterocycles. The first-order valence-corrected chi connectivity index (χ1v) is 8.01. The molecule has 0 aliphatic carbocycles. The monoisotopic (exact) mass is 338 g/mol. The van der Waals surface area contributed by atoms with Crippen LogP contribution in [0.3, 0.4) is 0 Å². The van der Waals surface area contributed by atoms with Crippen LogP contribution in [-0.4, -0.2) is 36.1 Å². The van der Waals surface area contributed by atoms with Crippen molar-refractivity contribution in [2.45, 2.75) is 6.42 Å². The van der Waals surface area contributed by atoms with E-state index in [1.807, 2.05) is 6.07 Å². The maximum Gasteiger partial charge on any atom is 0.147 e. The lowest BCUT2D eigenvalue weighted by Crippen LogP contribution is -2.32. The normalized spacial score (nSPS) is 14.6. The van der Waals surface area contributed by atoms with E-state index in [1.165, 1.54) is 6.20 Å². The van der Waals surface area contributed by atoms with E-state index in [1.54, 1.807) is 24.4 Å². The van der Waals surface area contributed by atoms with Gasteiger partial charge in [-0.15, -0.1) is 0 Å². The van der Waals surface area contributed by atoms with Crippen LogP contribution in [0, 0.1) is 22.7 Å². The highest BCUT2D eigenvalue weighted by molar-refractivity contribution is 6.33. The Hall–Kier alpha value is -2.83. The largest absolute Gasteiger partial charge is 0.354 e. The van der Waals surface area contributed by atoms with E-state index >= 15 is 0 Å². The summed E-state index contributed by atoms with van der Waals surface area (Å²) in [4.78, 5) is 12.9. The molecule has 0 radical (unpaired) electrons. The number of hydrogen-bond donors (Lipinski definition) is 0. The number of rotatable bonds is 2. The third-order valence-electron chi connectivity index (χ3n) is 3.95. The van der Waals surface area contributed by atoms with Gasteiger partial charge >= 0.3 is 0 Å². The number of pyridine rings is 2. The van der Waals surface area contributed by atoms with Gasteiger partial charge in [0.2, 0.25) is 0 Å². The summed E-state index contributed by atoms with van der Waals surface area (Å²) in [7, 11) is 0. The number of nitrogens with zero attached hydrogens (tertiary/aromatic N) is 6. The second-order valence-corrected chi connectivity index (χ2v) is 5.86. The molecule has 0 aromatic carbocycles. The van der Waals surface area contributed by atoms with Gasteiger partial charge in [-0.25, -0.2) is 9.97 Å². The van der Waals surface area contributed by atoms with Gasteiger partial charge in [-0.2, -0.15) is 10.5 Å². The summed E-state index contributed by atoms with van der Waals surface area (Å²) in [5, 5.41) is 18.7. The van der Waals surface area contributed by atoms with E-state index in [2.05, 4.69) is 25.8 Å². The van der Waals surface area contributed by atoms with E-state index in [-0.39, 0.29) is 0 Å². The molecule has 0 bridgehead atoms. The van der Waals surface area contributed by atoms with Crippen LogP contribution in [0.2, 0.25) is 5.02 Å². The number of hydrogen-bond acceptors (Lipinski definition) is 6. The van der Waals surface area contributed by atoms with E-state index in [4.69, 9.17) is 16.9 Å². The van der Waals surface area contributed by atoms with E-state index < -0.39 is 0 Å². The van der Waals surface area contributed by atoms with Crippen molar-refractivity contribution in [2.75, 3.05) is 36.0 Å². The fourth-order valence-corrected chi connectivity index (χ4v) is 3.09. The summed E-state index contributed by atoms with van der Waals surface area (Å²) < 4.78 is 0. The molecule has 0 atom stereocenters. The Morgan fingerprint density at radius 1 is 1.00 bits per heavy atom. The van der Waals surface area contributed by atoms with Crippen molar-refractivity contribution < 1.29 is 0 Å². The first-order valence-electron chi connectivity index (χ1n) is 7.63. The summed E-state index contributed by atoms with van der Waals surface area (Å²) in [5.74, 6) is 1.42. The average Bonchev–Trinajstić information content (AvgIpc) is 2.87. The molecule has 6 nitrogen and oxygen atoms in total. The zero-order chi connectivity index (χ0) is 16.9. The van der Waals surface area contributed by atoms with E-state index in [0.717, 1.165) is 38.4 Å². The minimum atomic E-state index is 0.451. The molecule has 0 saturated carbocycles. The first kappa shape index (κ1) is 16.0. The second-order valence-electron chi connectivity index (χ2n) is 5.46. The highest BCUT2D eigenvalue weighted by Crippen LogP contribution is 2.26. The van der Waals surface area contributed by atoms with Crippen molar-refractivity contribution in [3.63, 3.8) is 0 Å². The quantitative estimate of drug-likeness (QED) is 0.837. The van der Waals surface area contributed by atoms with Gasteiger partial charge in [0.1, 0.15) is 23.8 Å². The fourth-order valence-electron chi connectivity index (χ4n) is 2.80. The maximum atomic E-state index is 9.25. The molecule has 0 unspecified atom stereocenters. The zero-order valence-corrected chi connectivity index (χ0v) is 13.7. The van der Waals surface area contributed by atoms with Crippen molar-refractivity contribution in [3.05, 3.63) is 46.7 Å². The summed E-state index contributed by atoms with van der Waals surface area (Å²) in [6.45, 7) is 3.07. The van der Waals surface area contributed by atoms with Gasteiger partial charge in [-0.05, 0) is 24.6 Å². The zero-order valence-electron chi connectivity index (χ0n) is 13.0. The van der Waals surface area contributed by atoms with Crippen LogP contribution < -0.4 is 9.80 Å². The summed E-state index contributed by atoms with van der Waals surface area (Å²) >= 11 is 6.27. The molecule has 1 fully saturated rings. The van der Waals surface area contributed by atoms with Crippen molar-refractivity contribution in [1.82, 2.24) is 9.97 Å². The topological polar surface area (TPSA) is 79.8 Å². The Bertz CT molecular complexity index is 823. The van der Waals surface area contributed by atoms with Crippen LogP contribution in [-0.2, 0) is 0 Å². The molecule has 2 aromatic rings. The molecule has 24 heavy (non-hydrogen) atoms. The minimum Gasteiger partial charge on any atom is -0.354 e. The molecule has 0 amide bonds. The maximum absolute atomic E-state index is 9.25. The molecular weight excluding hydrogens is 324 g/mol. The average molecular weight is 339 g/mol. The van der Waals surface area contributed by atoms with Crippen molar-refractivity contribution in [2.24, 2.45) is 0 Å². The van der Waals surface area contributed by atoms with Crippen LogP contribution >= 0.6 is 11.6 Å². The van der Waals surface area contributed by atoms with Crippen molar-refractivity contribution in [3.8, 4) is 12.1 Å². The lowest BCUT2D eigenvalue weighted by molar-refractivity contribution is 0.793. The highest BCUT2D eigenvalue weighted by Gasteiger charge is 2.20. The molecule has 0 spiro atoms. The van der Waals surface area contributed by atoms with Gasteiger partial charge in [0.05, 0.1) is 16.1 Å². The van der Waals surface area contributed by atoms with Crippen LogP contribution in [0.5, 0.6) is 0 Å². The van der Waals surface area contributed by atoms with Crippen LogP contribution in [0.15, 0.2) is 30.6 Å².